The summed E-state index contributed by atoms with van der Waals surface area (Å²) in [5.41, 5.74) is 2.40. The molecule has 0 bridgehead atoms. The molecule has 122 valence electrons. The maximum Gasteiger partial charge on any atom is 0.261 e. The van der Waals surface area contributed by atoms with Gasteiger partial charge in [-0.05, 0) is 36.5 Å². The zero-order valence-corrected chi connectivity index (χ0v) is 14.1. The van der Waals surface area contributed by atoms with Gasteiger partial charge < -0.3 is 4.74 Å². The maximum absolute atomic E-state index is 12.5. The fraction of sp³-hybridized carbons (Fsp3) is 0.353. The van der Waals surface area contributed by atoms with Crippen molar-refractivity contribution in [3.05, 3.63) is 47.8 Å². The minimum atomic E-state index is -3.63. The van der Waals surface area contributed by atoms with Gasteiger partial charge in [-0.2, -0.15) is 0 Å². The molecular formula is C17H20N2O3S. The van der Waals surface area contributed by atoms with Crippen molar-refractivity contribution in [2.75, 3.05) is 11.3 Å². The van der Waals surface area contributed by atoms with E-state index in [2.05, 4.69) is 23.6 Å². The fourth-order valence-electron chi connectivity index (χ4n) is 2.51. The first-order valence-electron chi connectivity index (χ1n) is 7.70. The first-order valence-corrected chi connectivity index (χ1v) is 9.18. The van der Waals surface area contributed by atoms with E-state index in [0.717, 1.165) is 24.1 Å². The Morgan fingerprint density at radius 3 is 2.65 bits per heavy atom. The predicted molar refractivity (Wildman–Crippen MR) is 89.4 cm³/mol. The van der Waals surface area contributed by atoms with Gasteiger partial charge in [0.05, 0.1) is 29.1 Å². The summed E-state index contributed by atoms with van der Waals surface area (Å²) >= 11 is 0. The molecule has 2 aromatic rings. The van der Waals surface area contributed by atoms with Crippen molar-refractivity contribution in [1.29, 1.82) is 0 Å². The van der Waals surface area contributed by atoms with Crippen LogP contribution in [0.1, 0.15) is 37.4 Å². The quantitative estimate of drug-likeness (QED) is 0.932. The van der Waals surface area contributed by atoms with Gasteiger partial charge in [-0.3, -0.25) is 9.71 Å². The van der Waals surface area contributed by atoms with Crippen LogP contribution < -0.4 is 9.46 Å². The highest BCUT2D eigenvalue weighted by Gasteiger charge is 2.17. The number of hydrogen-bond donors (Lipinski definition) is 1. The lowest BCUT2D eigenvalue weighted by Crippen LogP contribution is -2.15. The molecule has 0 amide bonds. The number of aryl methyl sites for hydroxylation is 1. The van der Waals surface area contributed by atoms with Crippen LogP contribution in [0.25, 0.3) is 0 Å². The molecule has 0 radical (unpaired) electrons. The molecule has 0 fully saturated rings. The number of nitrogens with zero attached hydrogens (tertiary/aromatic N) is 1. The normalized spacial score (nSPS) is 14.2. The Morgan fingerprint density at radius 1 is 1.22 bits per heavy atom. The van der Waals surface area contributed by atoms with E-state index in [4.69, 9.17) is 4.74 Å². The Morgan fingerprint density at radius 2 is 1.96 bits per heavy atom. The van der Waals surface area contributed by atoms with E-state index in [-0.39, 0.29) is 4.90 Å². The number of ether oxygens (including phenoxy) is 1. The van der Waals surface area contributed by atoms with E-state index in [1.54, 1.807) is 18.2 Å². The Balaban J connectivity index is 1.83. The van der Waals surface area contributed by atoms with E-state index in [9.17, 15) is 8.42 Å². The number of anilines is 1. The number of fused-ring (bicyclic) bond motifs is 1. The summed E-state index contributed by atoms with van der Waals surface area (Å²) < 4.78 is 33.0. The second kappa shape index (κ2) is 6.20. The van der Waals surface area contributed by atoms with Gasteiger partial charge in [0.1, 0.15) is 5.75 Å². The van der Waals surface area contributed by atoms with Crippen LogP contribution in [0.2, 0.25) is 0 Å². The van der Waals surface area contributed by atoms with Crippen LogP contribution >= 0.6 is 0 Å². The maximum atomic E-state index is 12.5. The lowest BCUT2D eigenvalue weighted by molar-refractivity contribution is 0.285. The average Bonchev–Trinajstić information content (AvgIpc) is 2.54. The molecule has 0 saturated carbocycles. The van der Waals surface area contributed by atoms with Crippen molar-refractivity contribution in [3.63, 3.8) is 0 Å². The molecule has 2 heterocycles. The third-order valence-electron chi connectivity index (χ3n) is 3.86. The summed E-state index contributed by atoms with van der Waals surface area (Å²) in [7, 11) is -3.63. The van der Waals surface area contributed by atoms with E-state index < -0.39 is 10.0 Å². The first-order chi connectivity index (χ1) is 11.0. The van der Waals surface area contributed by atoms with Gasteiger partial charge in [-0.15, -0.1) is 0 Å². The summed E-state index contributed by atoms with van der Waals surface area (Å²) in [5, 5.41) is 0. The van der Waals surface area contributed by atoms with Crippen LogP contribution in [0.4, 0.5) is 5.69 Å². The zero-order chi connectivity index (χ0) is 16.4. The number of benzene rings is 1. The van der Waals surface area contributed by atoms with Crippen molar-refractivity contribution in [1.82, 2.24) is 4.98 Å². The van der Waals surface area contributed by atoms with Gasteiger partial charge in [0.25, 0.3) is 10.0 Å². The van der Waals surface area contributed by atoms with Crippen LogP contribution in [0, 0.1) is 0 Å². The molecule has 0 aliphatic carbocycles. The van der Waals surface area contributed by atoms with E-state index in [1.807, 2.05) is 12.1 Å². The molecule has 1 aromatic heterocycles. The number of rotatable bonds is 4. The van der Waals surface area contributed by atoms with Crippen LogP contribution in [-0.2, 0) is 16.4 Å². The van der Waals surface area contributed by atoms with Gasteiger partial charge >= 0.3 is 0 Å². The lowest BCUT2D eigenvalue weighted by Gasteiger charge is -2.17. The van der Waals surface area contributed by atoms with E-state index in [1.165, 1.54) is 6.20 Å². The molecular weight excluding hydrogens is 312 g/mol. The predicted octanol–water partition coefficient (Wildman–Crippen LogP) is 3.33. The lowest BCUT2D eigenvalue weighted by atomic mass is 10.0. The summed E-state index contributed by atoms with van der Waals surface area (Å²) in [5.74, 6) is 1.02. The van der Waals surface area contributed by atoms with Crippen molar-refractivity contribution in [2.45, 2.75) is 37.5 Å². The number of aromatic nitrogens is 1. The molecule has 23 heavy (non-hydrogen) atoms. The van der Waals surface area contributed by atoms with Crippen LogP contribution in [-0.4, -0.2) is 20.0 Å². The molecule has 0 saturated heterocycles. The third kappa shape index (κ3) is 3.47. The van der Waals surface area contributed by atoms with Crippen LogP contribution in [0.15, 0.2) is 41.4 Å². The summed E-state index contributed by atoms with van der Waals surface area (Å²) in [4.78, 5) is 4.52. The molecule has 1 N–H and O–H groups in total. The molecule has 1 aliphatic rings. The minimum Gasteiger partial charge on any atom is -0.492 e. The molecule has 1 aliphatic heterocycles. The van der Waals surface area contributed by atoms with Gasteiger partial charge in [0, 0.05) is 6.07 Å². The van der Waals surface area contributed by atoms with Gasteiger partial charge in [0.2, 0.25) is 0 Å². The summed E-state index contributed by atoms with van der Waals surface area (Å²) in [6, 6.07) is 8.63. The molecule has 0 unspecified atom stereocenters. The second-order valence-corrected chi connectivity index (χ2v) is 7.63. The number of hydrogen-bond acceptors (Lipinski definition) is 4. The monoisotopic (exact) mass is 332 g/mol. The fourth-order valence-corrected chi connectivity index (χ4v) is 3.54. The zero-order valence-electron chi connectivity index (χ0n) is 13.2. The van der Waals surface area contributed by atoms with Crippen molar-refractivity contribution >= 4 is 15.7 Å². The first kappa shape index (κ1) is 15.8. The molecule has 3 rings (SSSR count). The molecule has 0 atom stereocenters. The summed E-state index contributed by atoms with van der Waals surface area (Å²) in [6.07, 6.45) is 3.33. The van der Waals surface area contributed by atoms with Crippen LogP contribution in [0.5, 0.6) is 5.75 Å². The Kier molecular flexibility index (Phi) is 4.26. The topological polar surface area (TPSA) is 68.3 Å². The average molecular weight is 332 g/mol. The second-order valence-electron chi connectivity index (χ2n) is 5.95. The molecule has 0 spiro atoms. The Hall–Kier alpha value is -2.08. The molecule has 5 nitrogen and oxygen atoms in total. The minimum absolute atomic E-state index is 0.237. The standard InChI is InChI=1S/C17H20N2O3S/c1-12(2)13-5-7-15(8-6-13)23(20,21)19-14-10-17-16(18-11-14)4-3-9-22-17/h5-8,10-12,19H,3-4,9H2,1-2H3. The summed E-state index contributed by atoms with van der Waals surface area (Å²) in [6.45, 7) is 4.78. The van der Waals surface area contributed by atoms with Crippen molar-refractivity contribution < 1.29 is 13.2 Å². The van der Waals surface area contributed by atoms with Gasteiger partial charge in [0.15, 0.2) is 0 Å². The van der Waals surface area contributed by atoms with Crippen LogP contribution in [0.3, 0.4) is 0 Å². The van der Waals surface area contributed by atoms with Gasteiger partial charge in [-0.1, -0.05) is 26.0 Å². The highest BCUT2D eigenvalue weighted by Crippen LogP contribution is 2.27. The van der Waals surface area contributed by atoms with Gasteiger partial charge in [-0.25, -0.2) is 8.42 Å². The number of sulfonamides is 1. The Labute approximate surface area is 136 Å². The van der Waals surface area contributed by atoms with E-state index >= 15 is 0 Å². The SMILES string of the molecule is CC(C)c1ccc(S(=O)(=O)Nc2cnc3c(c2)OCCC3)cc1. The number of pyridine rings is 1. The number of nitrogens with one attached hydrogen (secondary N) is 1. The third-order valence-corrected chi connectivity index (χ3v) is 5.25. The smallest absolute Gasteiger partial charge is 0.261 e. The molecule has 6 heteroatoms. The van der Waals surface area contributed by atoms with Crippen molar-refractivity contribution in [3.8, 4) is 5.75 Å². The largest absolute Gasteiger partial charge is 0.492 e. The highest BCUT2D eigenvalue weighted by atomic mass is 32.2. The highest BCUT2D eigenvalue weighted by molar-refractivity contribution is 7.92. The van der Waals surface area contributed by atoms with E-state index in [0.29, 0.717) is 24.0 Å². The van der Waals surface area contributed by atoms with Crippen molar-refractivity contribution in [2.24, 2.45) is 0 Å². The molecule has 1 aromatic carbocycles. The Bertz CT molecular complexity index is 799.